The second kappa shape index (κ2) is 4.87. The van der Waals surface area contributed by atoms with Crippen molar-refractivity contribution in [2.45, 2.75) is 32.4 Å². The lowest BCUT2D eigenvalue weighted by atomic mass is 10.4. The van der Waals surface area contributed by atoms with E-state index in [0.29, 0.717) is 12.6 Å². The van der Waals surface area contributed by atoms with Gasteiger partial charge in [0.05, 0.1) is 6.26 Å². The van der Waals surface area contributed by atoms with Gasteiger partial charge in [-0.25, -0.2) is 4.99 Å². The molecule has 15 heavy (non-hydrogen) atoms. The summed E-state index contributed by atoms with van der Waals surface area (Å²) in [6.07, 6.45) is 4.18. The van der Waals surface area contributed by atoms with Crippen LogP contribution in [0.3, 0.4) is 0 Å². The standard InChI is InChI=1S/C11H17N3O/c1-2-12-11(14-9-5-6-9)13-8-10-4-3-7-15-10/h3-4,7,9H,2,5-6,8H2,1H3,(H2,12,13,14). The Morgan fingerprint density at radius 2 is 2.47 bits per heavy atom. The SMILES string of the molecule is CCNC(=NCc1ccco1)NC1CC1. The van der Waals surface area contributed by atoms with Crippen LogP contribution in [0.15, 0.2) is 27.8 Å². The maximum absolute atomic E-state index is 5.22. The van der Waals surface area contributed by atoms with Crippen LogP contribution in [0.25, 0.3) is 0 Å². The van der Waals surface area contributed by atoms with Crippen molar-refractivity contribution in [3.63, 3.8) is 0 Å². The molecule has 1 aromatic rings. The zero-order valence-electron chi connectivity index (χ0n) is 8.99. The van der Waals surface area contributed by atoms with Crippen LogP contribution in [-0.2, 0) is 6.54 Å². The van der Waals surface area contributed by atoms with E-state index in [1.807, 2.05) is 12.1 Å². The highest BCUT2D eigenvalue weighted by atomic mass is 16.3. The first-order valence-electron chi connectivity index (χ1n) is 5.45. The van der Waals surface area contributed by atoms with Crippen molar-refractivity contribution >= 4 is 5.96 Å². The molecule has 1 heterocycles. The monoisotopic (exact) mass is 207 g/mol. The lowest BCUT2D eigenvalue weighted by molar-refractivity contribution is 0.512. The third kappa shape index (κ3) is 3.31. The number of furan rings is 1. The minimum atomic E-state index is 0.592. The predicted molar refractivity (Wildman–Crippen MR) is 59.7 cm³/mol. The topological polar surface area (TPSA) is 49.6 Å². The van der Waals surface area contributed by atoms with Gasteiger partial charge in [-0.2, -0.15) is 0 Å². The van der Waals surface area contributed by atoms with E-state index in [-0.39, 0.29) is 0 Å². The molecule has 4 heteroatoms. The van der Waals surface area contributed by atoms with E-state index in [0.717, 1.165) is 18.3 Å². The van der Waals surface area contributed by atoms with Gasteiger partial charge in [-0.05, 0) is 31.9 Å². The number of nitrogens with one attached hydrogen (secondary N) is 2. The maximum Gasteiger partial charge on any atom is 0.191 e. The number of hydrogen-bond donors (Lipinski definition) is 2. The summed E-state index contributed by atoms with van der Waals surface area (Å²) in [4.78, 5) is 4.44. The van der Waals surface area contributed by atoms with Crippen molar-refractivity contribution in [1.29, 1.82) is 0 Å². The molecule has 0 amide bonds. The maximum atomic E-state index is 5.22. The van der Waals surface area contributed by atoms with Gasteiger partial charge < -0.3 is 15.1 Å². The van der Waals surface area contributed by atoms with Gasteiger partial charge in [-0.1, -0.05) is 0 Å². The van der Waals surface area contributed by atoms with E-state index in [1.165, 1.54) is 12.8 Å². The molecule has 0 aromatic carbocycles. The van der Waals surface area contributed by atoms with Crippen LogP contribution < -0.4 is 10.6 Å². The highest BCUT2D eigenvalue weighted by molar-refractivity contribution is 5.80. The van der Waals surface area contributed by atoms with Gasteiger partial charge >= 0.3 is 0 Å². The average Bonchev–Trinajstić information content (AvgIpc) is 2.90. The van der Waals surface area contributed by atoms with Gasteiger partial charge in [0.1, 0.15) is 12.3 Å². The largest absolute Gasteiger partial charge is 0.467 e. The number of rotatable bonds is 4. The van der Waals surface area contributed by atoms with Gasteiger partial charge in [0.25, 0.3) is 0 Å². The Kier molecular flexibility index (Phi) is 3.27. The molecule has 0 spiro atoms. The molecule has 2 rings (SSSR count). The van der Waals surface area contributed by atoms with Crippen molar-refractivity contribution in [2.24, 2.45) is 4.99 Å². The molecule has 2 N–H and O–H groups in total. The summed E-state index contributed by atoms with van der Waals surface area (Å²) < 4.78 is 5.22. The van der Waals surface area contributed by atoms with Crippen LogP contribution in [-0.4, -0.2) is 18.5 Å². The number of aliphatic imine (C=N–C) groups is 1. The van der Waals surface area contributed by atoms with E-state index >= 15 is 0 Å². The normalized spacial score (nSPS) is 16.5. The molecule has 0 bridgehead atoms. The van der Waals surface area contributed by atoms with Crippen LogP contribution in [0.5, 0.6) is 0 Å². The Bertz CT molecular complexity index is 315. The summed E-state index contributed by atoms with van der Waals surface area (Å²) in [5, 5.41) is 6.57. The molecule has 1 fully saturated rings. The van der Waals surface area contributed by atoms with E-state index in [4.69, 9.17) is 4.42 Å². The van der Waals surface area contributed by atoms with E-state index in [2.05, 4.69) is 22.5 Å². The first-order valence-corrected chi connectivity index (χ1v) is 5.45. The van der Waals surface area contributed by atoms with Crippen molar-refractivity contribution in [3.8, 4) is 0 Å². The minimum Gasteiger partial charge on any atom is -0.467 e. The summed E-state index contributed by atoms with van der Waals surface area (Å²) in [6, 6.07) is 4.44. The molecule has 1 aliphatic carbocycles. The van der Waals surface area contributed by atoms with E-state index in [1.54, 1.807) is 6.26 Å². The van der Waals surface area contributed by atoms with Gasteiger partial charge in [0, 0.05) is 12.6 Å². The fourth-order valence-electron chi connectivity index (χ4n) is 1.30. The fourth-order valence-corrected chi connectivity index (χ4v) is 1.30. The van der Waals surface area contributed by atoms with Crippen LogP contribution >= 0.6 is 0 Å². The smallest absolute Gasteiger partial charge is 0.191 e. The second-order valence-electron chi connectivity index (χ2n) is 3.69. The fraction of sp³-hybridized carbons (Fsp3) is 0.545. The molecule has 0 saturated heterocycles. The molecule has 0 aliphatic heterocycles. The van der Waals surface area contributed by atoms with E-state index < -0.39 is 0 Å². The Morgan fingerprint density at radius 3 is 3.07 bits per heavy atom. The Labute approximate surface area is 89.8 Å². The zero-order valence-corrected chi connectivity index (χ0v) is 8.99. The van der Waals surface area contributed by atoms with Crippen LogP contribution in [0.1, 0.15) is 25.5 Å². The van der Waals surface area contributed by atoms with Crippen molar-refractivity contribution in [2.75, 3.05) is 6.54 Å². The number of hydrogen-bond acceptors (Lipinski definition) is 2. The quantitative estimate of drug-likeness (QED) is 0.581. The molecule has 1 aliphatic rings. The minimum absolute atomic E-state index is 0.592. The van der Waals surface area contributed by atoms with Crippen LogP contribution in [0.4, 0.5) is 0 Å². The first-order chi connectivity index (χ1) is 7.38. The predicted octanol–water partition coefficient (Wildman–Crippen LogP) is 1.50. The number of guanidine groups is 1. The highest BCUT2D eigenvalue weighted by Crippen LogP contribution is 2.18. The van der Waals surface area contributed by atoms with Gasteiger partial charge in [-0.15, -0.1) is 0 Å². The van der Waals surface area contributed by atoms with Gasteiger partial charge in [-0.3, -0.25) is 0 Å². The summed E-state index contributed by atoms with van der Waals surface area (Å²) in [7, 11) is 0. The number of nitrogens with zero attached hydrogens (tertiary/aromatic N) is 1. The van der Waals surface area contributed by atoms with Crippen molar-refractivity contribution in [3.05, 3.63) is 24.2 Å². The second-order valence-corrected chi connectivity index (χ2v) is 3.69. The van der Waals surface area contributed by atoms with E-state index in [9.17, 15) is 0 Å². The summed E-state index contributed by atoms with van der Waals surface area (Å²) in [6.45, 7) is 3.54. The van der Waals surface area contributed by atoms with Gasteiger partial charge in [0.15, 0.2) is 5.96 Å². The van der Waals surface area contributed by atoms with Crippen LogP contribution in [0.2, 0.25) is 0 Å². The van der Waals surface area contributed by atoms with Crippen LogP contribution in [0, 0.1) is 0 Å². The average molecular weight is 207 g/mol. The molecular weight excluding hydrogens is 190 g/mol. The molecule has 82 valence electrons. The molecule has 0 atom stereocenters. The Hall–Kier alpha value is -1.45. The highest BCUT2D eigenvalue weighted by Gasteiger charge is 2.21. The summed E-state index contributed by atoms with van der Waals surface area (Å²) in [5.74, 6) is 1.78. The molecule has 0 unspecified atom stereocenters. The third-order valence-corrected chi connectivity index (χ3v) is 2.24. The molecular formula is C11H17N3O. The molecule has 1 saturated carbocycles. The molecule has 0 radical (unpaired) electrons. The lowest BCUT2D eigenvalue weighted by Gasteiger charge is -2.09. The van der Waals surface area contributed by atoms with Crippen molar-refractivity contribution in [1.82, 2.24) is 10.6 Å². The summed E-state index contributed by atoms with van der Waals surface area (Å²) >= 11 is 0. The molecule has 1 aromatic heterocycles. The summed E-state index contributed by atoms with van der Waals surface area (Å²) in [5.41, 5.74) is 0. The lowest BCUT2D eigenvalue weighted by Crippen LogP contribution is -2.38. The zero-order chi connectivity index (χ0) is 10.5. The third-order valence-electron chi connectivity index (χ3n) is 2.24. The van der Waals surface area contributed by atoms with Gasteiger partial charge in [0.2, 0.25) is 0 Å². The molecule has 4 nitrogen and oxygen atoms in total. The Balaban J connectivity index is 1.87. The van der Waals surface area contributed by atoms with Crippen molar-refractivity contribution < 1.29 is 4.42 Å². The first kappa shape index (κ1) is 10.1. The Morgan fingerprint density at radius 1 is 1.60 bits per heavy atom.